The van der Waals surface area contributed by atoms with Gasteiger partial charge in [-0.25, -0.2) is 4.79 Å². The van der Waals surface area contributed by atoms with Crippen LogP contribution in [0.1, 0.15) is 71.6 Å². The number of ether oxygens (including phenoxy) is 1. The highest BCUT2D eigenvalue weighted by molar-refractivity contribution is 6.21. The molecule has 1 aliphatic heterocycles. The van der Waals surface area contributed by atoms with E-state index >= 15 is 0 Å². The average molecular weight is 374 g/mol. The fourth-order valence-corrected chi connectivity index (χ4v) is 2.61. The molecule has 1 N–H and O–H groups in total. The van der Waals surface area contributed by atoms with Crippen molar-refractivity contribution in [2.24, 2.45) is 5.92 Å². The van der Waals surface area contributed by atoms with E-state index < -0.39 is 18.5 Å². The average Bonchev–Trinajstić information content (AvgIpc) is 2.88. The maximum atomic E-state index is 12.4. The van der Waals surface area contributed by atoms with Gasteiger partial charge in [0.15, 0.2) is 6.61 Å². The number of fused-ring (bicyclic) bond motifs is 1. The molecule has 7 nitrogen and oxygen atoms in total. The molecule has 0 saturated heterocycles. The van der Waals surface area contributed by atoms with Gasteiger partial charge >= 0.3 is 5.97 Å². The summed E-state index contributed by atoms with van der Waals surface area (Å²) in [5.74, 6) is -1.58. The quantitative estimate of drug-likeness (QED) is 0.557. The first-order valence-corrected chi connectivity index (χ1v) is 9.23. The van der Waals surface area contributed by atoms with E-state index in [9.17, 15) is 19.2 Å². The number of carbonyl (C=O) groups excluding carboxylic acids is 4. The summed E-state index contributed by atoms with van der Waals surface area (Å²) in [4.78, 5) is 50.0. The second-order valence-corrected chi connectivity index (χ2v) is 7.05. The highest BCUT2D eigenvalue weighted by Crippen LogP contribution is 2.24. The molecule has 1 unspecified atom stereocenters. The molecule has 1 aromatic rings. The Morgan fingerprint density at radius 2 is 1.78 bits per heavy atom. The third kappa shape index (κ3) is 4.72. The van der Waals surface area contributed by atoms with Crippen molar-refractivity contribution >= 4 is 23.7 Å². The van der Waals surface area contributed by atoms with Crippen molar-refractivity contribution < 1.29 is 23.9 Å². The van der Waals surface area contributed by atoms with E-state index in [2.05, 4.69) is 5.32 Å². The Hall–Kier alpha value is -2.70. The van der Waals surface area contributed by atoms with E-state index in [4.69, 9.17) is 4.74 Å². The van der Waals surface area contributed by atoms with Gasteiger partial charge in [-0.2, -0.15) is 0 Å². The molecule has 146 valence electrons. The van der Waals surface area contributed by atoms with E-state index in [1.54, 1.807) is 0 Å². The Kier molecular flexibility index (Phi) is 6.71. The number of nitrogens with one attached hydrogen (secondary N) is 1. The fraction of sp³-hybridized carbons (Fsp3) is 0.500. The summed E-state index contributed by atoms with van der Waals surface area (Å²) in [5.41, 5.74) is 0.622. The molecule has 7 heteroatoms. The number of rotatable bonds is 8. The van der Waals surface area contributed by atoms with Gasteiger partial charge in [0.2, 0.25) is 0 Å². The highest BCUT2D eigenvalue weighted by atomic mass is 16.5. The zero-order valence-electron chi connectivity index (χ0n) is 16.2. The largest absolute Gasteiger partial charge is 0.452 e. The molecule has 0 fully saturated rings. The van der Waals surface area contributed by atoms with Crippen LogP contribution in [0, 0.1) is 5.92 Å². The van der Waals surface area contributed by atoms with E-state index in [1.165, 1.54) is 23.1 Å². The monoisotopic (exact) mass is 374 g/mol. The fourth-order valence-electron chi connectivity index (χ4n) is 2.61. The molecule has 1 aromatic carbocycles. The minimum Gasteiger partial charge on any atom is -0.452 e. The Morgan fingerprint density at radius 3 is 2.41 bits per heavy atom. The third-order valence-corrected chi connectivity index (χ3v) is 4.66. The lowest BCUT2D eigenvalue weighted by Gasteiger charge is -2.17. The topological polar surface area (TPSA) is 92.8 Å². The van der Waals surface area contributed by atoms with Crippen LogP contribution in [0.2, 0.25) is 0 Å². The second kappa shape index (κ2) is 8.79. The van der Waals surface area contributed by atoms with Gasteiger partial charge in [0.25, 0.3) is 17.7 Å². The maximum absolute atomic E-state index is 12.4. The lowest BCUT2D eigenvalue weighted by atomic mass is 10.1. The number of imide groups is 1. The normalized spacial score (nSPS) is 14.3. The van der Waals surface area contributed by atoms with Gasteiger partial charge in [0.05, 0.1) is 16.7 Å². The predicted octanol–water partition coefficient (Wildman–Crippen LogP) is 2.40. The van der Waals surface area contributed by atoms with Gasteiger partial charge in [0, 0.05) is 12.6 Å². The molecule has 1 atom stereocenters. The summed E-state index contributed by atoms with van der Waals surface area (Å²) in [6, 6.07) is 4.22. The molecule has 0 saturated carbocycles. The van der Waals surface area contributed by atoms with Gasteiger partial charge < -0.3 is 10.1 Å². The predicted molar refractivity (Wildman–Crippen MR) is 99.4 cm³/mol. The lowest BCUT2D eigenvalue weighted by molar-refractivity contribution is -0.125. The van der Waals surface area contributed by atoms with Crippen LogP contribution < -0.4 is 5.32 Å². The third-order valence-electron chi connectivity index (χ3n) is 4.66. The summed E-state index contributed by atoms with van der Waals surface area (Å²) in [6.07, 6.45) is 1.59. The van der Waals surface area contributed by atoms with Gasteiger partial charge in [-0.3, -0.25) is 19.3 Å². The van der Waals surface area contributed by atoms with Crippen LogP contribution in [0.15, 0.2) is 18.2 Å². The second-order valence-electron chi connectivity index (χ2n) is 7.05. The first-order valence-electron chi connectivity index (χ1n) is 9.23. The molecule has 0 radical (unpaired) electrons. The molecular weight excluding hydrogens is 348 g/mol. The molecule has 27 heavy (non-hydrogen) atoms. The minimum atomic E-state index is -0.711. The Labute approximate surface area is 159 Å². The minimum absolute atomic E-state index is 0.0334. The van der Waals surface area contributed by atoms with Crippen molar-refractivity contribution in [1.82, 2.24) is 10.2 Å². The van der Waals surface area contributed by atoms with Crippen molar-refractivity contribution in [3.63, 3.8) is 0 Å². The molecule has 0 aromatic heterocycles. The standard InChI is InChI=1S/C20H26N2O5/c1-5-6-9-22-18(24)15-8-7-14(10-16(15)19(22)25)20(26)27-11-17(23)21-13(4)12(2)3/h7-8,10,12-13H,5-6,9,11H2,1-4H3,(H,21,23). The molecule has 0 bridgehead atoms. The first kappa shape index (κ1) is 20.6. The molecular formula is C20H26N2O5. The molecule has 0 spiro atoms. The summed E-state index contributed by atoms with van der Waals surface area (Å²) in [5, 5.41) is 2.74. The van der Waals surface area contributed by atoms with E-state index in [-0.39, 0.29) is 40.5 Å². The van der Waals surface area contributed by atoms with Crippen molar-refractivity contribution in [1.29, 1.82) is 0 Å². The highest BCUT2D eigenvalue weighted by Gasteiger charge is 2.35. The molecule has 1 heterocycles. The molecule has 2 rings (SSSR count). The summed E-state index contributed by atoms with van der Waals surface area (Å²) in [7, 11) is 0. The van der Waals surface area contributed by atoms with Crippen molar-refractivity contribution in [3.8, 4) is 0 Å². The van der Waals surface area contributed by atoms with E-state index in [0.29, 0.717) is 6.54 Å². The number of nitrogens with zero attached hydrogens (tertiary/aromatic N) is 1. The number of unbranched alkanes of at least 4 members (excludes halogenated alkanes) is 1. The number of amides is 3. The SMILES string of the molecule is CCCCN1C(=O)c2ccc(C(=O)OCC(=O)NC(C)C(C)C)cc2C1=O. The Morgan fingerprint density at radius 1 is 1.11 bits per heavy atom. The van der Waals surface area contributed by atoms with Crippen molar-refractivity contribution in [2.45, 2.75) is 46.6 Å². The van der Waals surface area contributed by atoms with Gasteiger partial charge in [-0.1, -0.05) is 27.2 Å². The molecule has 1 aliphatic rings. The van der Waals surface area contributed by atoms with Crippen LogP contribution in [-0.2, 0) is 9.53 Å². The maximum Gasteiger partial charge on any atom is 0.338 e. The van der Waals surface area contributed by atoms with Crippen LogP contribution in [0.5, 0.6) is 0 Å². The van der Waals surface area contributed by atoms with E-state index in [1.807, 2.05) is 27.7 Å². The number of benzene rings is 1. The summed E-state index contributed by atoms with van der Waals surface area (Å²) in [6.45, 7) is 7.76. The smallest absolute Gasteiger partial charge is 0.338 e. The zero-order valence-corrected chi connectivity index (χ0v) is 16.2. The van der Waals surface area contributed by atoms with Crippen LogP contribution in [-0.4, -0.2) is 47.8 Å². The Balaban J connectivity index is 2.02. The Bertz CT molecular complexity index is 757. The van der Waals surface area contributed by atoms with Gasteiger partial charge in [0.1, 0.15) is 0 Å². The number of esters is 1. The van der Waals surface area contributed by atoms with Crippen LogP contribution in [0.3, 0.4) is 0 Å². The van der Waals surface area contributed by atoms with Gasteiger partial charge in [-0.05, 0) is 37.5 Å². The zero-order chi connectivity index (χ0) is 20.1. The number of hydrogen-bond acceptors (Lipinski definition) is 5. The van der Waals surface area contributed by atoms with Crippen LogP contribution in [0.25, 0.3) is 0 Å². The summed E-state index contributed by atoms with van der Waals surface area (Å²) < 4.78 is 5.02. The van der Waals surface area contributed by atoms with Gasteiger partial charge in [-0.15, -0.1) is 0 Å². The van der Waals surface area contributed by atoms with Crippen molar-refractivity contribution in [3.05, 3.63) is 34.9 Å². The van der Waals surface area contributed by atoms with Crippen LogP contribution in [0.4, 0.5) is 0 Å². The number of hydrogen-bond donors (Lipinski definition) is 1. The summed E-state index contributed by atoms with van der Waals surface area (Å²) >= 11 is 0. The van der Waals surface area contributed by atoms with Crippen LogP contribution >= 0.6 is 0 Å². The molecule has 3 amide bonds. The number of carbonyl (C=O) groups is 4. The molecule has 0 aliphatic carbocycles. The van der Waals surface area contributed by atoms with Crippen molar-refractivity contribution in [2.75, 3.05) is 13.2 Å². The first-order chi connectivity index (χ1) is 12.8. The van der Waals surface area contributed by atoms with E-state index in [0.717, 1.165) is 12.8 Å². The lowest BCUT2D eigenvalue weighted by Crippen LogP contribution is -2.38.